The summed E-state index contributed by atoms with van der Waals surface area (Å²) in [6.07, 6.45) is -46.6. The highest BCUT2D eigenvalue weighted by molar-refractivity contribution is 5.88. The van der Waals surface area contributed by atoms with Crippen LogP contribution in [-0.2, 0) is 76.0 Å². The molecule has 838 valence electrons. The Morgan fingerprint density at radius 3 is 0.888 bits per heavy atom. The molecule has 0 amide bonds. The molecule has 6 aliphatic rings. The van der Waals surface area contributed by atoms with Crippen molar-refractivity contribution in [3.63, 3.8) is 0 Å². The zero-order valence-corrected chi connectivity index (χ0v) is 83.3. The Morgan fingerprint density at radius 2 is 0.587 bits per heavy atom. The van der Waals surface area contributed by atoms with E-state index in [1.165, 1.54) is 62.3 Å². The molecule has 11 atom stereocenters. The number of alkyl halides is 27. The van der Waals surface area contributed by atoms with Crippen LogP contribution >= 0.6 is 0 Å². The second-order valence-electron chi connectivity index (χ2n) is 42.3. The molecule has 0 radical (unpaired) electrons. The molecule has 6 aliphatic carbocycles. The number of hydrogen-bond donors (Lipinski definition) is 8. The van der Waals surface area contributed by atoms with Crippen molar-refractivity contribution in [2.75, 3.05) is 59.5 Å². The van der Waals surface area contributed by atoms with E-state index in [1.807, 2.05) is 0 Å². The lowest BCUT2D eigenvalue weighted by atomic mass is 9.72. The van der Waals surface area contributed by atoms with Crippen LogP contribution in [0.15, 0.2) is 48.6 Å². The molecule has 6 rings (SSSR count). The van der Waals surface area contributed by atoms with E-state index >= 15 is 0 Å². The Labute approximate surface area is 811 Å². The largest absolute Gasteiger partial charge is 0.462 e. The highest BCUT2D eigenvalue weighted by Crippen LogP contribution is 2.70. The highest BCUT2D eigenvalue weighted by atomic mass is 19.4. The van der Waals surface area contributed by atoms with Crippen LogP contribution in [-0.4, -0.2) is 288 Å². The number of ether oxygens (including phenoxy) is 12. The normalized spacial score (nSPS) is 23.8. The maximum atomic E-state index is 13.3. The number of halogens is 27. The Bertz CT molecular complexity index is 4170. The number of carbonyl (C=O) groups is 4. The molecule has 0 saturated heterocycles. The number of aliphatic hydroxyl groups is 8. The summed E-state index contributed by atoms with van der Waals surface area (Å²) < 4.78 is 423. The van der Waals surface area contributed by atoms with Gasteiger partial charge in [0.1, 0.15) is 23.9 Å². The average molecular weight is 2140 g/mol. The van der Waals surface area contributed by atoms with Gasteiger partial charge in [0.15, 0.2) is 28.0 Å². The van der Waals surface area contributed by atoms with Gasteiger partial charge in [-0.3, -0.25) is 0 Å². The standard InChI is InChI=1S/2C24H36F6O6.C23H36F6O6.C21H29F9O6/c1-16(2)18(31)34-13-17(21(9-5-6-10-21)35-14-19(3,32)23(25,26)27)22(11-7-8-12-22)36-15-20(4,33)24(28,29)30;1-16(2)18(31)36-17(22(11-7-8-12-22)35-15-20(4,33)24(28,29)30)13-21(9-5-6-10-21)34-14-19(3,32)23(25,26)27;1-13(2)16(30)35-14(3)15-10-20(15,18(6,7)33-11-17(4,5)31)19(8,9)34-12-21(32,22(24,25)26)23(27,28)29;1-11(2)13(31)36-12-8-17(12,14(3,4)34-9-16(7,32)19(22,23)24)15(5,6)35-10-18(33,20(25,26)27)21(28,29)30/h2*17,32-33H,1,5-15H2,2-4H3;14-15,31-32H,1,10-12H2,2-9H3;12,32-33H,1,8-10H2,2-7H3. The second-order valence-corrected chi connectivity index (χ2v) is 42.3. The third-order valence-electron chi connectivity index (χ3n) is 27.9. The van der Waals surface area contributed by atoms with Crippen molar-refractivity contribution in [2.45, 2.75) is 424 Å². The lowest BCUT2D eigenvalue weighted by Gasteiger charge is -2.48. The van der Waals surface area contributed by atoms with Crippen LogP contribution in [0.25, 0.3) is 0 Å². The van der Waals surface area contributed by atoms with Crippen LogP contribution in [0.2, 0.25) is 0 Å². The molecule has 0 spiro atoms. The molecule has 143 heavy (non-hydrogen) atoms. The SMILES string of the molecule is C=C(C)C(=O)OC(C)C1CC1(C(C)(C)OCC(C)(C)O)C(C)(C)OCC(O)(C(F)(F)F)C(F)(F)F.C=C(C)C(=O)OC(CC1(OCC(C)(O)C(F)(F)F)CCCC1)C1(OCC(C)(O)C(F)(F)F)CCCC1.C=C(C)C(=O)OC1CC1(C(C)(C)OCC(C)(O)C(F)(F)F)C(C)(C)OCC(O)(C(F)(F)F)C(F)(F)F.C=C(C)C(=O)OCC(C1(OCC(C)(O)C(F)(F)F)CCCC1)C1(OCC(C)(O)C(F)(F)F)CCCC1. The predicted octanol–water partition coefficient (Wildman–Crippen LogP) is 19.5. The van der Waals surface area contributed by atoms with E-state index in [9.17, 15) is 179 Å². The van der Waals surface area contributed by atoms with Crippen molar-refractivity contribution in [1.82, 2.24) is 0 Å². The summed E-state index contributed by atoms with van der Waals surface area (Å²) in [5, 5.41) is 78.7. The van der Waals surface area contributed by atoms with Gasteiger partial charge in [0.05, 0.1) is 116 Å². The van der Waals surface area contributed by atoms with Crippen LogP contribution in [0.5, 0.6) is 0 Å². The summed E-state index contributed by atoms with van der Waals surface area (Å²) in [6.45, 7) is 25.8. The summed E-state index contributed by atoms with van der Waals surface area (Å²) >= 11 is 0. The first-order valence-corrected chi connectivity index (χ1v) is 45.3. The van der Waals surface area contributed by atoms with Gasteiger partial charge in [-0.25, -0.2) is 19.2 Å². The van der Waals surface area contributed by atoms with E-state index in [1.54, 1.807) is 13.8 Å². The van der Waals surface area contributed by atoms with Crippen molar-refractivity contribution in [2.24, 2.45) is 22.7 Å². The maximum absolute atomic E-state index is 13.3. The van der Waals surface area contributed by atoms with Gasteiger partial charge < -0.3 is 97.7 Å². The first-order valence-electron chi connectivity index (χ1n) is 45.3. The van der Waals surface area contributed by atoms with E-state index in [4.69, 9.17) is 56.8 Å². The fourth-order valence-corrected chi connectivity index (χ4v) is 17.9. The number of esters is 4. The van der Waals surface area contributed by atoms with Gasteiger partial charge in [0, 0.05) is 40.0 Å². The van der Waals surface area contributed by atoms with Crippen molar-refractivity contribution in [3.05, 3.63) is 48.6 Å². The number of rotatable bonds is 43. The van der Waals surface area contributed by atoms with E-state index in [-0.39, 0.29) is 86.7 Å². The predicted molar refractivity (Wildman–Crippen MR) is 454 cm³/mol. The Balaban J connectivity index is 0.000000490. The maximum Gasteiger partial charge on any atom is 0.428 e. The molecule has 6 fully saturated rings. The van der Waals surface area contributed by atoms with E-state index in [0.29, 0.717) is 98.8 Å². The molecule has 0 heterocycles. The van der Waals surface area contributed by atoms with Crippen molar-refractivity contribution < 1.29 is 235 Å². The van der Waals surface area contributed by atoms with Crippen molar-refractivity contribution in [1.29, 1.82) is 0 Å². The average Bonchev–Trinajstić information content (AvgIpc) is 1.51. The first kappa shape index (κ1) is 131. The monoisotopic (exact) mass is 2140 g/mol. The Morgan fingerprint density at radius 1 is 0.322 bits per heavy atom. The third kappa shape index (κ3) is 31.1. The number of hydrogen-bond acceptors (Lipinski definition) is 24. The molecule has 24 nitrogen and oxygen atoms in total. The van der Waals surface area contributed by atoms with Gasteiger partial charge in [-0.1, -0.05) is 77.7 Å². The fraction of sp³-hybridized carbons (Fsp3) is 0.870. The summed E-state index contributed by atoms with van der Waals surface area (Å²) in [5.41, 5.74) is -43.1. The summed E-state index contributed by atoms with van der Waals surface area (Å²) in [6, 6.07) is 0. The first-order chi connectivity index (χ1) is 63.4. The summed E-state index contributed by atoms with van der Waals surface area (Å²) in [7, 11) is 0. The molecule has 11 unspecified atom stereocenters. The van der Waals surface area contributed by atoms with Crippen LogP contribution in [0.3, 0.4) is 0 Å². The lowest BCUT2D eigenvalue weighted by molar-refractivity contribution is -0.385. The van der Waals surface area contributed by atoms with Crippen molar-refractivity contribution in [3.8, 4) is 0 Å². The van der Waals surface area contributed by atoms with Crippen LogP contribution in [0.1, 0.15) is 260 Å². The third-order valence-corrected chi connectivity index (χ3v) is 27.9. The van der Waals surface area contributed by atoms with Crippen molar-refractivity contribution >= 4 is 23.9 Å². The van der Waals surface area contributed by atoms with Crippen LogP contribution in [0.4, 0.5) is 119 Å². The van der Waals surface area contributed by atoms with Gasteiger partial charge >= 0.3 is 79.5 Å². The molecule has 8 N–H and O–H groups in total. The Hall–Kier alpha value is -5.69. The van der Waals surface area contributed by atoms with Crippen LogP contribution < -0.4 is 0 Å². The second kappa shape index (κ2) is 45.1. The molecule has 0 aromatic heterocycles. The Kier molecular flexibility index (Phi) is 41.4. The molecule has 0 aromatic rings. The minimum absolute atomic E-state index is 0.0248. The van der Waals surface area contributed by atoms with Crippen LogP contribution in [0, 0.1) is 22.7 Å². The van der Waals surface area contributed by atoms with E-state index in [0.717, 1.165) is 27.7 Å². The summed E-state index contributed by atoms with van der Waals surface area (Å²) in [5.74, 6) is -4.85. The molecular formula is C92H137F27O24. The zero-order valence-electron chi connectivity index (χ0n) is 83.3. The summed E-state index contributed by atoms with van der Waals surface area (Å²) in [4.78, 5) is 48.8. The zero-order chi connectivity index (χ0) is 112. The van der Waals surface area contributed by atoms with Gasteiger partial charge in [-0.2, -0.15) is 119 Å². The van der Waals surface area contributed by atoms with E-state index in [2.05, 4.69) is 26.3 Å². The van der Waals surface area contributed by atoms with Gasteiger partial charge in [-0.05, 0) is 203 Å². The smallest absolute Gasteiger partial charge is 0.428 e. The molecular weight excluding hydrogens is 2000 g/mol. The molecule has 0 bridgehead atoms. The fourth-order valence-electron chi connectivity index (χ4n) is 17.9. The van der Waals surface area contributed by atoms with Gasteiger partial charge in [0.2, 0.25) is 0 Å². The topological polar surface area (TPSA) is 341 Å². The van der Waals surface area contributed by atoms with Gasteiger partial charge in [-0.15, -0.1) is 0 Å². The quantitative estimate of drug-likeness (QED) is 0.0122. The molecule has 0 aliphatic heterocycles. The molecule has 6 saturated carbocycles. The minimum Gasteiger partial charge on any atom is -0.462 e. The lowest BCUT2D eigenvalue weighted by Crippen LogP contribution is -2.62. The minimum atomic E-state index is -6.19. The molecule has 0 aromatic carbocycles. The van der Waals surface area contributed by atoms with E-state index < -0.39 is 263 Å². The highest BCUT2D eigenvalue weighted by Gasteiger charge is 2.79. The molecule has 51 heteroatoms. The van der Waals surface area contributed by atoms with Gasteiger partial charge in [0.25, 0.3) is 11.2 Å². The number of carbonyl (C=O) groups excluding carboxylic acids is 4.